The van der Waals surface area contributed by atoms with Crippen molar-refractivity contribution in [3.8, 4) is 0 Å². The Hall–Kier alpha value is -5.88. The Labute approximate surface area is 322 Å². The van der Waals surface area contributed by atoms with E-state index >= 15 is 0 Å². The number of esters is 4. The first-order valence-corrected chi connectivity index (χ1v) is 16.2. The number of nitrogens with two attached hydrogens (primary N) is 4. The van der Waals surface area contributed by atoms with Gasteiger partial charge in [-0.2, -0.15) is 0 Å². The van der Waals surface area contributed by atoms with Crippen LogP contribution < -0.4 is 22.9 Å². The van der Waals surface area contributed by atoms with Gasteiger partial charge in [-0.1, -0.05) is 11.6 Å². The second kappa shape index (κ2) is 20.4. The molecule has 20 heteroatoms. The number of nitrogens with zero attached hydrogens (tertiary/aromatic N) is 6. The lowest BCUT2D eigenvalue weighted by Gasteiger charge is -2.10. The van der Waals surface area contributed by atoms with Gasteiger partial charge in [0.2, 0.25) is 5.28 Å². The highest BCUT2D eigenvalue weighted by molar-refractivity contribution is 6.30. The third-order valence-corrected chi connectivity index (χ3v) is 8.17. The predicted molar refractivity (Wildman–Crippen MR) is 203 cm³/mol. The second-order valence-electron chi connectivity index (χ2n) is 11.1. The molecule has 0 fully saturated rings. The van der Waals surface area contributed by atoms with Crippen LogP contribution in [0.15, 0.2) is 0 Å². The Morgan fingerprint density at radius 2 is 0.796 bits per heavy atom. The minimum atomic E-state index is -0.575. The molecule has 0 amide bonds. The summed E-state index contributed by atoms with van der Waals surface area (Å²) in [4.78, 5) is 68.1. The maximum Gasteiger partial charge on any atom is 0.357 e. The van der Waals surface area contributed by atoms with Gasteiger partial charge in [0, 0.05) is 44.9 Å². The molecular formula is C34H44Cl2N10O8. The number of carbonyl (C=O) groups excluding carboxylic acids is 4. The van der Waals surface area contributed by atoms with Gasteiger partial charge in [-0.05, 0) is 72.6 Å². The van der Waals surface area contributed by atoms with Gasteiger partial charge in [0.1, 0.15) is 22.6 Å². The van der Waals surface area contributed by atoms with Crippen molar-refractivity contribution in [1.82, 2.24) is 29.9 Å². The van der Waals surface area contributed by atoms with Crippen LogP contribution in [0.3, 0.4) is 0 Å². The van der Waals surface area contributed by atoms with E-state index in [4.69, 9.17) is 46.1 Å². The Bertz CT molecular complexity index is 1920. The van der Waals surface area contributed by atoms with Crippen molar-refractivity contribution in [2.45, 2.75) is 55.4 Å². The Kier molecular flexibility index (Phi) is 17.4. The van der Waals surface area contributed by atoms with E-state index in [-0.39, 0.29) is 33.3 Å². The highest BCUT2D eigenvalue weighted by atomic mass is 35.5. The number of pyridine rings is 2. The molecule has 0 bridgehead atoms. The van der Waals surface area contributed by atoms with E-state index in [9.17, 15) is 19.2 Å². The van der Waals surface area contributed by atoms with E-state index in [1.807, 2.05) is 13.8 Å². The topological polar surface area (TPSA) is 287 Å². The number of carbonyl (C=O) groups is 4. The SMILES string of the molecule is COC(=O)c1nc(C)c(C)c(N)c1C.COC(=O)c1nc(C)nc(N)c1C.COC(=O)c1nc(Cl)c(C)c(N)c1C.COC(=O)c1nc(Cl)nc(N)c1C. The Morgan fingerprint density at radius 1 is 0.444 bits per heavy atom. The van der Waals surface area contributed by atoms with Crippen molar-refractivity contribution in [2.24, 2.45) is 0 Å². The molecule has 0 saturated heterocycles. The van der Waals surface area contributed by atoms with Crippen molar-refractivity contribution in [3.63, 3.8) is 0 Å². The second-order valence-corrected chi connectivity index (χ2v) is 11.8. The van der Waals surface area contributed by atoms with Crippen molar-refractivity contribution in [1.29, 1.82) is 0 Å². The minimum absolute atomic E-state index is 0.0662. The molecule has 0 atom stereocenters. The standard InChI is InChI=1S/C10H14N2O2.C9H11ClN2O2.C8H11N3O2.C7H8ClN3O2/c1-5-7(3)12-9(10(13)14-4)6(2)8(5)11;1-4-6(11)5(2)8(10)12-7(4)9(13)14-3;1-4-6(8(12)13-3)10-5(2)11-7(4)9;1-3-4(6(12)13-2)10-7(8)11-5(3)9/h1-4H3,(H2,11,12);1-3H3,(H2,11,12);1-3H3,(H2,9,10,11);1-2H3,(H2,9,10,11). The van der Waals surface area contributed by atoms with Crippen molar-refractivity contribution >= 4 is 70.1 Å². The van der Waals surface area contributed by atoms with E-state index in [1.54, 1.807) is 41.5 Å². The van der Waals surface area contributed by atoms with Gasteiger partial charge in [0.25, 0.3) is 0 Å². The molecule has 0 unspecified atom stereocenters. The monoisotopic (exact) mass is 790 g/mol. The molecule has 4 heterocycles. The Balaban J connectivity index is 0.000000360. The number of rotatable bonds is 4. The number of aromatic nitrogens is 6. The fraction of sp³-hybridized carbons (Fsp3) is 0.353. The van der Waals surface area contributed by atoms with Gasteiger partial charge in [-0.3, -0.25) is 0 Å². The van der Waals surface area contributed by atoms with Crippen LogP contribution in [0.5, 0.6) is 0 Å². The van der Waals surface area contributed by atoms with Crippen LogP contribution in [0.1, 0.15) is 86.9 Å². The van der Waals surface area contributed by atoms with Crippen LogP contribution in [0.2, 0.25) is 10.4 Å². The van der Waals surface area contributed by atoms with Gasteiger partial charge < -0.3 is 41.9 Å². The van der Waals surface area contributed by atoms with E-state index < -0.39 is 23.9 Å². The number of aryl methyl sites for hydroxylation is 2. The number of ether oxygens (including phenoxy) is 4. The maximum absolute atomic E-state index is 11.3. The lowest BCUT2D eigenvalue weighted by atomic mass is 10.1. The number of hydrogen-bond donors (Lipinski definition) is 4. The summed E-state index contributed by atoms with van der Waals surface area (Å²) in [6.07, 6.45) is 0. The number of hydrogen-bond acceptors (Lipinski definition) is 18. The molecule has 54 heavy (non-hydrogen) atoms. The molecule has 0 aliphatic heterocycles. The number of anilines is 4. The van der Waals surface area contributed by atoms with E-state index in [2.05, 4.69) is 48.9 Å². The quantitative estimate of drug-likeness (QED) is 0.0966. The third-order valence-electron chi connectivity index (χ3n) is 7.63. The summed E-state index contributed by atoms with van der Waals surface area (Å²) in [5.41, 5.74) is 29.1. The molecule has 0 saturated carbocycles. The summed E-state index contributed by atoms with van der Waals surface area (Å²) in [7, 11) is 5.17. The maximum atomic E-state index is 11.3. The summed E-state index contributed by atoms with van der Waals surface area (Å²) in [5, 5.41) is 0.164. The molecule has 4 aromatic rings. The zero-order chi connectivity index (χ0) is 41.8. The molecule has 0 aliphatic carbocycles. The molecule has 292 valence electrons. The lowest BCUT2D eigenvalue weighted by molar-refractivity contribution is 0.0584. The molecule has 0 aromatic carbocycles. The molecule has 0 aliphatic rings. The van der Waals surface area contributed by atoms with Crippen molar-refractivity contribution < 1.29 is 38.1 Å². The molecule has 0 radical (unpaired) electrons. The normalized spacial score (nSPS) is 9.89. The largest absolute Gasteiger partial charge is 0.464 e. The van der Waals surface area contributed by atoms with Gasteiger partial charge in [-0.15, -0.1) is 0 Å². The Morgan fingerprint density at radius 3 is 1.22 bits per heavy atom. The zero-order valence-corrected chi connectivity index (χ0v) is 33.5. The summed E-state index contributed by atoms with van der Waals surface area (Å²) in [6, 6.07) is 0. The minimum Gasteiger partial charge on any atom is -0.464 e. The third kappa shape index (κ3) is 11.6. The van der Waals surface area contributed by atoms with Gasteiger partial charge in [-0.25, -0.2) is 49.1 Å². The van der Waals surface area contributed by atoms with E-state index in [1.165, 1.54) is 28.4 Å². The molecule has 18 nitrogen and oxygen atoms in total. The van der Waals surface area contributed by atoms with Crippen LogP contribution in [0.4, 0.5) is 23.0 Å². The summed E-state index contributed by atoms with van der Waals surface area (Å²) < 4.78 is 18.2. The van der Waals surface area contributed by atoms with E-state index in [0.29, 0.717) is 56.5 Å². The highest BCUT2D eigenvalue weighted by Crippen LogP contribution is 2.25. The first kappa shape index (κ1) is 46.1. The molecule has 8 N–H and O–H groups in total. The zero-order valence-electron chi connectivity index (χ0n) is 32.0. The summed E-state index contributed by atoms with van der Waals surface area (Å²) in [5.74, 6) is -1.09. The highest BCUT2D eigenvalue weighted by Gasteiger charge is 2.19. The van der Waals surface area contributed by atoms with Crippen LogP contribution in [0.25, 0.3) is 0 Å². The van der Waals surface area contributed by atoms with Crippen LogP contribution in [-0.4, -0.2) is 82.2 Å². The van der Waals surface area contributed by atoms with Crippen molar-refractivity contribution in [2.75, 3.05) is 51.4 Å². The van der Waals surface area contributed by atoms with Gasteiger partial charge >= 0.3 is 23.9 Å². The van der Waals surface area contributed by atoms with Crippen LogP contribution in [-0.2, 0) is 18.9 Å². The molecule has 0 spiro atoms. The first-order valence-electron chi connectivity index (χ1n) is 15.5. The van der Waals surface area contributed by atoms with Crippen LogP contribution in [0, 0.1) is 55.4 Å². The van der Waals surface area contributed by atoms with Gasteiger partial charge in [0.15, 0.2) is 22.8 Å². The molecule has 4 rings (SSSR count). The van der Waals surface area contributed by atoms with Crippen molar-refractivity contribution in [3.05, 3.63) is 78.1 Å². The first-order chi connectivity index (χ1) is 25.1. The number of methoxy groups -OCH3 is 4. The average molecular weight is 792 g/mol. The van der Waals surface area contributed by atoms with Gasteiger partial charge in [0.05, 0.1) is 28.4 Å². The van der Waals surface area contributed by atoms with E-state index in [0.717, 1.165) is 11.3 Å². The predicted octanol–water partition coefficient (Wildman–Crippen LogP) is 4.37. The molecule has 4 aromatic heterocycles. The smallest absolute Gasteiger partial charge is 0.357 e. The average Bonchev–Trinajstić information content (AvgIpc) is 3.15. The van der Waals surface area contributed by atoms with Crippen LogP contribution >= 0.6 is 23.2 Å². The summed E-state index contributed by atoms with van der Waals surface area (Å²) >= 11 is 11.3. The number of nitrogen functional groups attached to an aromatic ring is 4. The number of halogens is 2. The summed E-state index contributed by atoms with van der Waals surface area (Å²) in [6.45, 7) is 13.9. The fourth-order valence-electron chi connectivity index (χ4n) is 4.06. The molecular weight excluding hydrogens is 747 g/mol. The lowest BCUT2D eigenvalue weighted by Crippen LogP contribution is -2.11. The fourth-order valence-corrected chi connectivity index (χ4v) is 4.42.